The summed E-state index contributed by atoms with van der Waals surface area (Å²) in [6.45, 7) is 12.2. The number of carboxylic acid groups (broad SMARTS) is 3. The van der Waals surface area contributed by atoms with Crippen molar-refractivity contribution in [2.75, 3.05) is 46.4 Å². The van der Waals surface area contributed by atoms with Gasteiger partial charge in [0.1, 0.15) is 0 Å². The molecular weight excluding hydrogens is 613 g/mol. The Balaban J connectivity index is 0.000000690. The Morgan fingerprint density at radius 3 is 1.72 bits per heavy atom. The third-order valence-corrected chi connectivity index (χ3v) is 6.22. The number of likely N-dealkylation sites (tertiary alicyclic amines) is 2. The number of aryl methyl sites for hydroxylation is 1. The van der Waals surface area contributed by atoms with E-state index in [9.17, 15) is 39.5 Å². The molecule has 248 valence electrons. The Kier molecular flexibility index (Phi) is 15.4. The number of carbonyl (C=O) groups is 3. The van der Waals surface area contributed by atoms with Crippen LogP contribution < -0.4 is 0 Å². The van der Waals surface area contributed by atoms with Crippen LogP contribution in [0, 0.1) is 18.3 Å². The molecular formula is C24H32F9N3O7. The maximum atomic E-state index is 10.6. The van der Waals surface area contributed by atoms with Gasteiger partial charge in [-0.05, 0) is 38.6 Å². The second-order valence-electron chi connectivity index (χ2n) is 9.48. The molecule has 0 bridgehead atoms. The third-order valence-electron chi connectivity index (χ3n) is 6.22. The molecule has 2 saturated heterocycles. The number of rotatable bonds is 5. The number of carboxylic acids is 3. The number of aliphatic carboxylic acids is 3. The summed E-state index contributed by atoms with van der Waals surface area (Å²) < 4.78 is 101. The van der Waals surface area contributed by atoms with Crippen LogP contribution in [0.15, 0.2) is 18.2 Å². The van der Waals surface area contributed by atoms with Crippen LogP contribution in [0.4, 0.5) is 39.5 Å². The number of ether oxygens (including phenoxy) is 1. The number of halogens is 9. The minimum Gasteiger partial charge on any atom is -0.475 e. The van der Waals surface area contributed by atoms with Gasteiger partial charge in [0.2, 0.25) is 0 Å². The molecule has 0 unspecified atom stereocenters. The average molecular weight is 646 g/mol. The maximum Gasteiger partial charge on any atom is 0.490 e. The van der Waals surface area contributed by atoms with Crippen molar-refractivity contribution in [1.82, 2.24) is 14.8 Å². The van der Waals surface area contributed by atoms with Crippen LogP contribution in [-0.2, 0) is 25.7 Å². The Morgan fingerprint density at radius 2 is 1.35 bits per heavy atom. The van der Waals surface area contributed by atoms with E-state index in [0.717, 1.165) is 25.4 Å². The lowest BCUT2D eigenvalue weighted by atomic mass is 9.77. The maximum absolute atomic E-state index is 10.6. The van der Waals surface area contributed by atoms with Crippen molar-refractivity contribution in [3.63, 3.8) is 0 Å². The molecule has 2 aliphatic heterocycles. The molecule has 10 nitrogen and oxygen atoms in total. The SMILES string of the molecule is CCN1C[C@H](COC)[C@]2(CCN(Cc3cccc(C)n3)C2)C1.O=C(O)C(F)(F)F.O=C(O)C(F)(F)F.O=C(O)C(F)(F)F. The van der Waals surface area contributed by atoms with Crippen LogP contribution in [0.25, 0.3) is 0 Å². The second-order valence-corrected chi connectivity index (χ2v) is 9.48. The van der Waals surface area contributed by atoms with Gasteiger partial charge < -0.3 is 25.0 Å². The number of pyridine rings is 1. The summed E-state index contributed by atoms with van der Waals surface area (Å²) in [4.78, 5) is 36.5. The Bertz CT molecular complexity index is 995. The second kappa shape index (κ2) is 16.6. The Hall–Kier alpha value is -3.19. The van der Waals surface area contributed by atoms with Crippen molar-refractivity contribution in [2.45, 2.75) is 45.3 Å². The van der Waals surface area contributed by atoms with E-state index in [1.165, 1.54) is 38.3 Å². The zero-order valence-corrected chi connectivity index (χ0v) is 23.2. The van der Waals surface area contributed by atoms with Gasteiger partial charge in [0.05, 0.1) is 12.3 Å². The highest BCUT2D eigenvalue weighted by molar-refractivity contribution is 5.73. The van der Waals surface area contributed by atoms with Crippen molar-refractivity contribution in [1.29, 1.82) is 0 Å². The molecule has 0 amide bonds. The Labute approximate surface area is 240 Å². The smallest absolute Gasteiger partial charge is 0.475 e. The first-order valence-corrected chi connectivity index (χ1v) is 12.2. The number of nitrogens with zero attached hydrogens (tertiary/aromatic N) is 3. The van der Waals surface area contributed by atoms with Gasteiger partial charge in [-0.25, -0.2) is 14.4 Å². The molecule has 1 aromatic rings. The summed E-state index contributed by atoms with van der Waals surface area (Å²) in [5.74, 6) is -7.60. The van der Waals surface area contributed by atoms with Crippen LogP contribution in [-0.4, -0.2) is 113 Å². The fraction of sp³-hybridized carbons (Fsp3) is 0.667. The van der Waals surface area contributed by atoms with E-state index in [4.69, 9.17) is 34.4 Å². The van der Waals surface area contributed by atoms with Crippen molar-refractivity contribution < 1.29 is 74.0 Å². The molecule has 0 saturated carbocycles. The molecule has 2 aliphatic rings. The molecule has 43 heavy (non-hydrogen) atoms. The van der Waals surface area contributed by atoms with E-state index in [1.807, 2.05) is 7.11 Å². The molecule has 3 N–H and O–H groups in total. The van der Waals surface area contributed by atoms with E-state index in [0.29, 0.717) is 11.3 Å². The van der Waals surface area contributed by atoms with Gasteiger partial charge in [0.25, 0.3) is 0 Å². The van der Waals surface area contributed by atoms with Crippen molar-refractivity contribution in [3.05, 3.63) is 29.6 Å². The van der Waals surface area contributed by atoms with Crippen molar-refractivity contribution >= 4 is 17.9 Å². The molecule has 0 radical (unpaired) electrons. The van der Waals surface area contributed by atoms with Gasteiger partial charge in [-0.3, -0.25) is 9.88 Å². The van der Waals surface area contributed by atoms with Crippen LogP contribution in [0.3, 0.4) is 0 Å². The lowest BCUT2D eigenvalue weighted by Gasteiger charge is -2.30. The fourth-order valence-corrected chi connectivity index (χ4v) is 4.31. The molecule has 0 aliphatic carbocycles. The summed E-state index contributed by atoms with van der Waals surface area (Å²) in [7, 11) is 1.84. The van der Waals surface area contributed by atoms with Gasteiger partial charge in [0, 0.05) is 50.3 Å². The highest BCUT2D eigenvalue weighted by Gasteiger charge is 2.49. The first-order valence-electron chi connectivity index (χ1n) is 12.2. The van der Waals surface area contributed by atoms with Crippen LogP contribution in [0.5, 0.6) is 0 Å². The van der Waals surface area contributed by atoms with Crippen molar-refractivity contribution in [3.8, 4) is 0 Å². The molecule has 2 fully saturated rings. The minimum atomic E-state index is -5.08. The summed E-state index contributed by atoms with van der Waals surface area (Å²) in [6, 6.07) is 6.34. The van der Waals surface area contributed by atoms with E-state index in [-0.39, 0.29) is 0 Å². The van der Waals surface area contributed by atoms with Crippen LogP contribution in [0.2, 0.25) is 0 Å². The monoisotopic (exact) mass is 645 g/mol. The fourth-order valence-electron chi connectivity index (χ4n) is 4.31. The van der Waals surface area contributed by atoms with Gasteiger partial charge >= 0.3 is 36.4 Å². The molecule has 19 heteroatoms. The molecule has 3 heterocycles. The first-order chi connectivity index (χ1) is 19.5. The first kappa shape index (κ1) is 39.8. The predicted molar refractivity (Wildman–Crippen MR) is 130 cm³/mol. The van der Waals surface area contributed by atoms with Crippen LogP contribution in [0.1, 0.15) is 24.7 Å². The average Bonchev–Trinajstić information content (AvgIpc) is 3.41. The molecule has 0 aromatic carbocycles. The van der Waals surface area contributed by atoms with Crippen LogP contribution >= 0.6 is 0 Å². The number of hydrogen-bond donors (Lipinski definition) is 3. The lowest BCUT2D eigenvalue weighted by molar-refractivity contribution is -0.193. The van der Waals surface area contributed by atoms with E-state index in [1.54, 1.807) is 0 Å². The van der Waals surface area contributed by atoms with E-state index in [2.05, 4.69) is 46.8 Å². The topological polar surface area (TPSA) is 140 Å². The highest BCUT2D eigenvalue weighted by Crippen LogP contribution is 2.44. The van der Waals surface area contributed by atoms with Crippen molar-refractivity contribution in [2.24, 2.45) is 11.3 Å². The zero-order chi connectivity index (χ0) is 33.8. The number of methoxy groups -OCH3 is 1. The number of aromatic nitrogens is 1. The Morgan fingerprint density at radius 1 is 0.907 bits per heavy atom. The predicted octanol–water partition coefficient (Wildman–Crippen LogP) is 4.08. The third kappa shape index (κ3) is 14.7. The van der Waals surface area contributed by atoms with Gasteiger partial charge in [-0.1, -0.05) is 13.0 Å². The van der Waals surface area contributed by atoms with Gasteiger partial charge in [-0.15, -0.1) is 0 Å². The number of alkyl halides is 9. The highest BCUT2D eigenvalue weighted by atomic mass is 19.4. The minimum absolute atomic E-state index is 0.426. The summed E-state index contributed by atoms with van der Waals surface area (Å²) >= 11 is 0. The summed E-state index contributed by atoms with van der Waals surface area (Å²) in [5, 5.41) is 21.4. The van der Waals surface area contributed by atoms with E-state index < -0.39 is 36.4 Å². The number of hydrogen-bond acceptors (Lipinski definition) is 7. The summed E-state index contributed by atoms with van der Waals surface area (Å²) in [6.07, 6.45) is -14.0. The zero-order valence-electron chi connectivity index (χ0n) is 23.2. The van der Waals surface area contributed by atoms with Gasteiger partial charge in [0.15, 0.2) is 0 Å². The largest absolute Gasteiger partial charge is 0.490 e. The quantitative estimate of drug-likeness (QED) is 0.402. The van der Waals surface area contributed by atoms with Gasteiger partial charge in [-0.2, -0.15) is 39.5 Å². The molecule has 1 aromatic heterocycles. The lowest BCUT2D eigenvalue weighted by Crippen LogP contribution is -2.36. The standard InChI is InChI=1S/C18H29N3O.3C2HF3O2/c1-4-20-10-16(12-22-3)18(13-20)8-9-21(14-18)11-17-7-5-6-15(2)19-17;3*3-2(4,5)1(6)7/h5-7,16H,4,8-14H2,1-3H3;3*(H,6,7)/t16-,18-;;;/m1.../s1. The molecule has 2 atom stereocenters. The van der Waals surface area contributed by atoms with E-state index >= 15 is 0 Å². The molecule has 1 spiro atoms. The normalized spacial score (nSPS) is 20.7. The molecule has 3 rings (SSSR count). The summed E-state index contributed by atoms with van der Waals surface area (Å²) in [5.41, 5.74) is 2.74.